The Morgan fingerprint density at radius 1 is 1.32 bits per heavy atom. The molecule has 0 bridgehead atoms. The van der Waals surface area contributed by atoms with Gasteiger partial charge in [0.05, 0.1) is 10.5 Å². The third-order valence-electron chi connectivity index (χ3n) is 5.44. The van der Waals surface area contributed by atoms with E-state index in [0.717, 1.165) is 29.8 Å². The molecule has 7 heteroatoms. The van der Waals surface area contributed by atoms with Gasteiger partial charge < -0.3 is 10.2 Å². The Labute approximate surface area is 158 Å². The highest BCUT2D eigenvalue weighted by atomic mass is 79.9. The summed E-state index contributed by atoms with van der Waals surface area (Å²) in [6.45, 7) is 5.37. The fraction of sp³-hybridized carbons (Fsp3) is 0.611. The van der Waals surface area contributed by atoms with E-state index in [0.29, 0.717) is 13.1 Å². The maximum Gasteiger partial charge on any atom is 0.193 e. The molecule has 0 spiro atoms. The normalized spacial score (nSPS) is 24.0. The highest BCUT2D eigenvalue weighted by Crippen LogP contribution is 2.49. The molecule has 0 unspecified atom stereocenters. The van der Waals surface area contributed by atoms with E-state index in [2.05, 4.69) is 49.3 Å². The summed E-state index contributed by atoms with van der Waals surface area (Å²) >= 11 is 3.67. The van der Waals surface area contributed by atoms with Crippen molar-refractivity contribution in [3.63, 3.8) is 0 Å². The van der Waals surface area contributed by atoms with Crippen molar-refractivity contribution in [3.05, 3.63) is 34.3 Å². The molecule has 0 amide bonds. The first-order valence-electron chi connectivity index (χ1n) is 8.64. The number of halogens is 1. The van der Waals surface area contributed by atoms with E-state index in [-0.39, 0.29) is 11.2 Å². The summed E-state index contributed by atoms with van der Waals surface area (Å²) in [4.78, 5) is 6.46. The highest BCUT2D eigenvalue weighted by molar-refractivity contribution is 9.10. The van der Waals surface area contributed by atoms with E-state index >= 15 is 0 Å². The Bertz CT molecular complexity index is 785. The summed E-state index contributed by atoms with van der Waals surface area (Å²) < 4.78 is 24.8. The molecule has 1 aliphatic carbocycles. The summed E-state index contributed by atoms with van der Waals surface area (Å²) in [7, 11) is -1.29. The van der Waals surface area contributed by atoms with Gasteiger partial charge in [0, 0.05) is 36.6 Å². The fourth-order valence-electron chi connectivity index (χ4n) is 3.49. The Morgan fingerprint density at radius 3 is 2.56 bits per heavy atom. The predicted molar refractivity (Wildman–Crippen MR) is 106 cm³/mol. The number of nitrogens with zero attached hydrogens (tertiary/aromatic N) is 2. The quantitative estimate of drug-likeness (QED) is 0.594. The van der Waals surface area contributed by atoms with Crippen molar-refractivity contribution in [3.8, 4) is 0 Å². The molecule has 25 heavy (non-hydrogen) atoms. The molecule has 1 N–H and O–H groups in total. The number of benzene rings is 1. The zero-order valence-corrected chi connectivity index (χ0v) is 17.5. The number of sulfone groups is 1. The van der Waals surface area contributed by atoms with E-state index in [4.69, 9.17) is 0 Å². The van der Waals surface area contributed by atoms with Crippen molar-refractivity contribution in [2.75, 3.05) is 32.4 Å². The first kappa shape index (κ1) is 18.7. The molecule has 2 aliphatic rings. The highest BCUT2D eigenvalue weighted by Gasteiger charge is 2.46. The Hall–Kier alpha value is -1.08. The fourth-order valence-corrected chi connectivity index (χ4v) is 5.56. The first-order valence-corrected chi connectivity index (χ1v) is 11.1. The number of hydrogen-bond donors (Lipinski definition) is 1. The topological polar surface area (TPSA) is 61.8 Å². The summed E-state index contributed by atoms with van der Waals surface area (Å²) in [5, 5.41) is 3.49. The van der Waals surface area contributed by atoms with E-state index in [1.807, 2.05) is 6.07 Å². The van der Waals surface area contributed by atoms with Crippen LogP contribution in [0.5, 0.6) is 0 Å². The van der Waals surface area contributed by atoms with Crippen LogP contribution in [0, 0.1) is 0 Å². The average Bonchev–Trinajstić information content (AvgIpc) is 3.32. The van der Waals surface area contributed by atoms with Crippen LogP contribution in [0.4, 0.5) is 0 Å². The van der Waals surface area contributed by atoms with Crippen LogP contribution in [0.25, 0.3) is 0 Å². The standard InChI is InChI=1S/C18H26BrN3O2S/c1-17(2)13-22(10-11-25(17,23)24)16(20-3)21-12-18(8-9-18)14-6-4-5-7-15(14)19/h4-7H,8-13H2,1-3H3,(H,20,21). The molecule has 0 aromatic heterocycles. The van der Waals surface area contributed by atoms with Gasteiger partial charge in [0.25, 0.3) is 0 Å². The minimum absolute atomic E-state index is 0.146. The maximum absolute atomic E-state index is 12.2. The Morgan fingerprint density at radius 2 is 2.00 bits per heavy atom. The number of rotatable bonds is 3. The monoisotopic (exact) mass is 427 g/mol. The lowest BCUT2D eigenvalue weighted by Gasteiger charge is -2.39. The molecule has 0 atom stereocenters. The third kappa shape index (κ3) is 3.58. The molecule has 1 aromatic rings. The van der Waals surface area contributed by atoms with Crippen molar-refractivity contribution in [2.24, 2.45) is 4.99 Å². The van der Waals surface area contributed by atoms with Gasteiger partial charge >= 0.3 is 0 Å². The molecule has 1 aliphatic heterocycles. The molecule has 5 nitrogen and oxygen atoms in total. The van der Waals surface area contributed by atoms with Crippen molar-refractivity contribution in [2.45, 2.75) is 36.9 Å². The van der Waals surface area contributed by atoms with Crippen LogP contribution >= 0.6 is 15.9 Å². The summed E-state index contributed by atoms with van der Waals surface area (Å²) in [5.41, 5.74) is 1.48. The molecule has 1 saturated carbocycles. The Kier molecular flexibility index (Phi) is 4.92. The van der Waals surface area contributed by atoms with Gasteiger partial charge in [-0.05, 0) is 38.3 Å². The summed E-state index contributed by atoms with van der Waals surface area (Å²) in [6, 6.07) is 8.37. The molecule has 1 heterocycles. The molecule has 1 aromatic carbocycles. The molecular formula is C18H26BrN3O2S. The Balaban J connectivity index is 1.69. The van der Waals surface area contributed by atoms with Crippen LogP contribution in [0.3, 0.4) is 0 Å². The van der Waals surface area contributed by atoms with Crippen molar-refractivity contribution in [1.29, 1.82) is 0 Å². The SMILES string of the molecule is CN=C(NCC1(c2ccccc2Br)CC1)N1CCS(=O)(=O)C(C)(C)C1. The zero-order chi connectivity index (χ0) is 18.3. The van der Waals surface area contributed by atoms with Crippen LogP contribution in [0.15, 0.2) is 33.7 Å². The molecule has 1 saturated heterocycles. The minimum Gasteiger partial charge on any atom is -0.355 e. The van der Waals surface area contributed by atoms with Crippen molar-refractivity contribution >= 4 is 31.7 Å². The lowest BCUT2D eigenvalue weighted by molar-refractivity contribution is 0.352. The molecular weight excluding hydrogens is 402 g/mol. The zero-order valence-electron chi connectivity index (χ0n) is 15.0. The number of hydrogen-bond acceptors (Lipinski definition) is 3. The molecule has 3 rings (SSSR count). The summed E-state index contributed by atoms with van der Waals surface area (Å²) in [5.74, 6) is 0.970. The minimum atomic E-state index is -3.05. The number of nitrogens with one attached hydrogen (secondary N) is 1. The van der Waals surface area contributed by atoms with Crippen molar-refractivity contribution < 1.29 is 8.42 Å². The van der Waals surface area contributed by atoms with Crippen LogP contribution < -0.4 is 5.32 Å². The van der Waals surface area contributed by atoms with Crippen molar-refractivity contribution in [1.82, 2.24) is 10.2 Å². The summed E-state index contributed by atoms with van der Waals surface area (Å²) in [6.07, 6.45) is 2.30. The van der Waals surface area contributed by atoms with E-state index in [9.17, 15) is 8.42 Å². The second kappa shape index (κ2) is 6.58. The van der Waals surface area contributed by atoms with Crippen LogP contribution in [0.1, 0.15) is 32.3 Å². The van der Waals surface area contributed by atoms with Gasteiger partial charge in [0.1, 0.15) is 0 Å². The van der Waals surface area contributed by atoms with Crippen LogP contribution in [-0.4, -0.2) is 56.5 Å². The van der Waals surface area contributed by atoms with E-state index in [1.165, 1.54) is 5.56 Å². The van der Waals surface area contributed by atoms with Gasteiger partial charge in [0.2, 0.25) is 0 Å². The number of aliphatic imine (C=N–C) groups is 1. The first-order chi connectivity index (χ1) is 11.7. The van der Waals surface area contributed by atoms with Gasteiger partial charge in [-0.25, -0.2) is 8.42 Å². The van der Waals surface area contributed by atoms with Gasteiger partial charge in [-0.3, -0.25) is 4.99 Å². The largest absolute Gasteiger partial charge is 0.355 e. The number of guanidine groups is 1. The smallest absolute Gasteiger partial charge is 0.193 e. The predicted octanol–water partition coefficient (Wildman–Crippen LogP) is 2.57. The molecule has 2 fully saturated rings. The maximum atomic E-state index is 12.2. The van der Waals surface area contributed by atoms with Crippen LogP contribution in [0.2, 0.25) is 0 Å². The average molecular weight is 428 g/mol. The van der Waals surface area contributed by atoms with Gasteiger partial charge in [-0.1, -0.05) is 34.1 Å². The third-order valence-corrected chi connectivity index (χ3v) is 8.66. The van der Waals surface area contributed by atoms with Gasteiger partial charge in [-0.2, -0.15) is 0 Å². The lowest BCUT2D eigenvalue weighted by atomic mass is 9.96. The lowest BCUT2D eigenvalue weighted by Crippen LogP contribution is -2.57. The second-order valence-electron chi connectivity index (χ2n) is 7.66. The van der Waals surface area contributed by atoms with E-state index < -0.39 is 14.6 Å². The molecule has 138 valence electrons. The second-order valence-corrected chi connectivity index (χ2v) is 11.3. The van der Waals surface area contributed by atoms with Crippen LogP contribution in [-0.2, 0) is 15.3 Å². The van der Waals surface area contributed by atoms with Gasteiger partial charge in [0.15, 0.2) is 15.8 Å². The van der Waals surface area contributed by atoms with E-state index in [1.54, 1.807) is 20.9 Å². The molecule has 0 radical (unpaired) electrons. The van der Waals surface area contributed by atoms with Gasteiger partial charge in [-0.15, -0.1) is 0 Å².